The zero-order valence-electron chi connectivity index (χ0n) is 20.1. The second-order valence-electron chi connectivity index (χ2n) is 7.15. The Balaban J connectivity index is 2.18. The fraction of sp³-hybridized carbons (Fsp3) is 0.458. The molecule has 33 heavy (non-hydrogen) atoms. The Morgan fingerprint density at radius 3 is 2.61 bits per heavy atom. The van der Waals surface area contributed by atoms with E-state index in [0.717, 1.165) is 43.1 Å². The van der Waals surface area contributed by atoms with E-state index in [-0.39, 0.29) is 6.01 Å². The summed E-state index contributed by atoms with van der Waals surface area (Å²) >= 11 is 1.68. The molecule has 0 aliphatic carbocycles. The van der Waals surface area contributed by atoms with Crippen LogP contribution in [0, 0.1) is 0 Å². The molecule has 0 aliphatic heterocycles. The maximum atomic E-state index is 5.88. The predicted octanol–water partition coefficient (Wildman–Crippen LogP) is 5.50. The third-order valence-corrected chi connectivity index (χ3v) is 5.66. The van der Waals surface area contributed by atoms with Crippen LogP contribution in [0.1, 0.15) is 57.7 Å². The fourth-order valence-electron chi connectivity index (χ4n) is 2.94. The first-order chi connectivity index (χ1) is 16.1. The molecule has 2 rings (SSSR count). The van der Waals surface area contributed by atoms with E-state index in [1.807, 2.05) is 19.1 Å². The summed E-state index contributed by atoms with van der Waals surface area (Å²) in [6, 6.07) is 4.40. The van der Waals surface area contributed by atoms with Gasteiger partial charge in [0, 0.05) is 36.3 Å². The standard InChI is InChI=1S/C24H35N7OS/c1-6-14-25-19(9-4)13-17-32-24-28-21(18-26-30-22-12-11-20(10-5)33-22)27-23(29-24)31(15-7-2)16-8-3/h6,9,11-12,14,18,30H,1,7-8,10,13,15-17H2,2-5H3/b19-9-,25-14?,26-18+. The lowest BCUT2D eigenvalue weighted by atomic mass is 10.3. The molecule has 0 aliphatic rings. The molecule has 1 N–H and O–H groups in total. The van der Waals surface area contributed by atoms with Gasteiger partial charge in [-0.05, 0) is 38.3 Å². The van der Waals surface area contributed by atoms with Crippen molar-refractivity contribution in [3.8, 4) is 6.01 Å². The SMILES string of the molecule is C=CC=N/C(=C\C)CCOc1nc(/C=N/Nc2ccc(CC)s2)nc(N(CCC)CCC)n1. The number of aliphatic imine (C=N–C) groups is 1. The number of anilines is 2. The zero-order valence-corrected chi connectivity index (χ0v) is 20.9. The van der Waals surface area contributed by atoms with Crippen LogP contribution < -0.4 is 15.1 Å². The molecule has 0 amide bonds. The van der Waals surface area contributed by atoms with Crippen LogP contribution in [-0.4, -0.2) is 47.1 Å². The minimum absolute atomic E-state index is 0.284. The number of aryl methyl sites for hydroxylation is 1. The van der Waals surface area contributed by atoms with E-state index in [9.17, 15) is 0 Å². The monoisotopic (exact) mass is 469 g/mol. The van der Waals surface area contributed by atoms with Crippen LogP contribution in [0.15, 0.2) is 46.7 Å². The van der Waals surface area contributed by atoms with Crippen molar-refractivity contribution in [2.75, 3.05) is 30.0 Å². The number of nitrogens with one attached hydrogen (secondary N) is 1. The molecule has 2 heterocycles. The van der Waals surface area contributed by atoms with Crippen LogP contribution in [-0.2, 0) is 6.42 Å². The summed E-state index contributed by atoms with van der Waals surface area (Å²) in [4.78, 5) is 21.4. The van der Waals surface area contributed by atoms with Gasteiger partial charge in [-0.3, -0.25) is 10.4 Å². The van der Waals surface area contributed by atoms with Gasteiger partial charge in [-0.25, -0.2) is 0 Å². The molecular weight excluding hydrogens is 434 g/mol. The zero-order chi connectivity index (χ0) is 23.9. The number of hydrazone groups is 1. The van der Waals surface area contributed by atoms with Crippen molar-refractivity contribution in [3.05, 3.63) is 47.3 Å². The Hall–Kier alpha value is -3.07. The first-order valence-corrected chi connectivity index (χ1v) is 12.3. The maximum Gasteiger partial charge on any atom is 0.321 e. The van der Waals surface area contributed by atoms with Crippen LogP contribution in [0.2, 0.25) is 0 Å². The molecule has 0 saturated heterocycles. The third-order valence-electron chi connectivity index (χ3n) is 4.52. The van der Waals surface area contributed by atoms with Gasteiger partial charge < -0.3 is 9.64 Å². The molecule has 0 atom stereocenters. The molecule has 0 radical (unpaired) electrons. The Bertz CT molecular complexity index is 946. The first-order valence-electron chi connectivity index (χ1n) is 11.4. The van der Waals surface area contributed by atoms with E-state index in [2.05, 4.69) is 68.8 Å². The molecule has 178 valence electrons. The Labute approximate surface area is 201 Å². The van der Waals surface area contributed by atoms with Crippen molar-refractivity contribution < 1.29 is 4.74 Å². The number of thiophene rings is 1. The lowest BCUT2D eigenvalue weighted by Crippen LogP contribution is -2.27. The molecule has 2 aromatic rings. The summed E-state index contributed by atoms with van der Waals surface area (Å²) in [5.74, 6) is 1.05. The lowest BCUT2D eigenvalue weighted by molar-refractivity contribution is 0.294. The molecule has 0 fully saturated rings. The van der Waals surface area contributed by atoms with E-state index < -0.39 is 0 Å². The van der Waals surface area contributed by atoms with Gasteiger partial charge in [-0.1, -0.05) is 39.5 Å². The van der Waals surface area contributed by atoms with Crippen molar-refractivity contribution >= 4 is 34.7 Å². The highest BCUT2D eigenvalue weighted by molar-refractivity contribution is 7.16. The van der Waals surface area contributed by atoms with Crippen molar-refractivity contribution in [2.45, 2.75) is 53.4 Å². The van der Waals surface area contributed by atoms with E-state index in [0.29, 0.717) is 24.8 Å². The number of ether oxygens (including phenoxy) is 1. The van der Waals surface area contributed by atoms with Crippen LogP contribution >= 0.6 is 11.3 Å². The summed E-state index contributed by atoms with van der Waals surface area (Å²) in [6.45, 7) is 14.1. The molecule has 0 spiro atoms. The highest BCUT2D eigenvalue weighted by Gasteiger charge is 2.13. The minimum atomic E-state index is 0.284. The largest absolute Gasteiger partial charge is 0.463 e. The molecule has 9 heteroatoms. The number of hydrogen-bond donors (Lipinski definition) is 1. The normalized spacial score (nSPS) is 11.9. The average molecular weight is 470 g/mol. The summed E-state index contributed by atoms with van der Waals surface area (Å²) in [7, 11) is 0. The van der Waals surface area contributed by atoms with Gasteiger partial charge >= 0.3 is 6.01 Å². The van der Waals surface area contributed by atoms with Gasteiger partial charge in [0.15, 0.2) is 5.82 Å². The second-order valence-corrected chi connectivity index (χ2v) is 8.31. The van der Waals surface area contributed by atoms with Gasteiger partial charge in [0.2, 0.25) is 5.95 Å². The Kier molecular flexibility index (Phi) is 11.8. The molecule has 2 aromatic heterocycles. The van der Waals surface area contributed by atoms with E-state index in [4.69, 9.17) is 4.74 Å². The van der Waals surface area contributed by atoms with E-state index in [1.54, 1.807) is 29.8 Å². The summed E-state index contributed by atoms with van der Waals surface area (Å²) in [6.07, 6.45) is 10.5. The maximum absolute atomic E-state index is 5.88. The second kappa shape index (κ2) is 14.9. The van der Waals surface area contributed by atoms with Crippen LogP contribution in [0.5, 0.6) is 6.01 Å². The van der Waals surface area contributed by atoms with Crippen molar-refractivity contribution in [2.24, 2.45) is 10.1 Å². The van der Waals surface area contributed by atoms with Crippen LogP contribution in [0.3, 0.4) is 0 Å². The number of nitrogens with zero attached hydrogens (tertiary/aromatic N) is 6. The summed E-state index contributed by atoms with van der Waals surface area (Å²) in [5.41, 5.74) is 3.97. The first kappa shape index (κ1) is 26.2. The summed E-state index contributed by atoms with van der Waals surface area (Å²) in [5, 5.41) is 5.30. The quantitative estimate of drug-likeness (QED) is 0.274. The topological polar surface area (TPSA) is 87.9 Å². The highest BCUT2D eigenvalue weighted by atomic mass is 32.1. The molecular formula is C24H35N7OS. The average Bonchev–Trinajstić information content (AvgIpc) is 3.29. The van der Waals surface area contributed by atoms with E-state index >= 15 is 0 Å². The lowest BCUT2D eigenvalue weighted by Gasteiger charge is -2.21. The number of rotatable bonds is 15. The van der Waals surface area contributed by atoms with Crippen molar-refractivity contribution in [1.82, 2.24) is 15.0 Å². The van der Waals surface area contributed by atoms with Gasteiger partial charge in [-0.2, -0.15) is 20.1 Å². The summed E-state index contributed by atoms with van der Waals surface area (Å²) < 4.78 is 5.88. The smallest absolute Gasteiger partial charge is 0.321 e. The molecule has 8 nitrogen and oxygen atoms in total. The van der Waals surface area contributed by atoms with Gasteiger partial charge in [0.05, 0.1) is 12.8 Å². The van der Waals surface area contributed by atoms with Gasteiger partial charge in [0.25, 0.3) is 0 Å². The fourth-order valence-corrected chi connectivity index (χ4v) is 3.73. The van der Waals surface area contributed by atoms with Gasteiger partial charge in [-0.15, -0.1) is 11.3 Å². The highest BCUT2D eigenvalue weighted by Crippen LogP contribution is 2.22. The molecule has 0 aromatic carbocycles. The van der Waals surface area contributed by atoms with E-state index in [1.165, 1.54) is 4.88 Å². The van der Waals surface area contributed by atoms with Crippen LogP contribution in [0.4, 0.5) is 10.9 Å². The molecule has 0 bridgehead atoms. The number of hydrogen-bond acceptors (Lipinski definition) is 9. The van der Waals surface area contributed by atoms with Crippen molar-refractivity contribution in [3.63, 3.8) is 0 Å². The minimum Gasteiger partial charge on any atom is -0.463 e. The van der Waals surface area contributed by atoms with Crippen LogP contribution in [0.25, 0.3) is 0 Å². The number of allylic oxidation sites excluding steroid dienone is 2. The molecule has 0 saturated carbocycles. The third kappa shape index (κ3) is 9.13. The molecule has 0 unspecified atom stereocenters. The Morgan fingerprint density at radius 2 is 1.97 bits per heavy atom. The predicted molar refractivity (Wildman–Crippen MR) is 140 cm³/mol. The van der Waals surface area contributed by atoms with Crippen molar-refractivity contribution in [1.29, 1.82) is 0 Å². The van der Waals surface area contributed by atoms with Gasteiger partial charge in [0.1, 0.15) is 5.00 Å². The number of aromatic nitrogens is 3. The Morgan fingerprint density at radius 1 is 1.18 bits per heavy atom.